The normalized spacial score (nSPS) is 11.1. The van der Waals surface area contributed by atoms with Gasteiger partial charge in [0.05, 0.1) is 5.56 Å². The third-order valence-corrected chi connectivity index (χ3v) is 4.63. The molecule has 2 aromatic carbocycles. The molecule has 130 valence electrons. The molecule has 0 radical (unpaired) electrons. The largest absolute Gasteiger partial charge is 0.454 e. The van der Waals surface area contributed by atoms with Crippen LogP contribution in [0.2, 0.25) is 0 Å². The predicted molar refractivity (Wildman–Crippen MR) is 101 cm³/mol. The summed E-state index contributed by atoms with van der Waals surface area (Å²) in [5.41, 5.74) is 3.94. The third-order valence-electron chi connectivity index (χ3n) is 4.63. The summed E-state index contributed by atoms with van der Waals surface area (Å²) in [6.45, 7) is 1.78. The Hall–Kier alpha value is -3.34. The lowest BCUT2D eigenvalue weighted by atomic mass is 10.1. The van der Waals surface area contributed by atoms with Gasteiger partial charge in [-0.15, -0.1) is 0 Å². The molecule has 5 heteroatoms. The first kappa shape index (κ1) is 16.1. The minimum Gasteiger partial charge on any atom is -0.454 e. The number of Topliss-reactive ketones (excluding diaryl/α,β-unsaturated/α-hetero) is 1. The molecular formula is C21H18N2O3. The fourth-order valence-electron chi connectivity index (χ4n) is 3.27. The number of H-pyrrole nitrogens is 2. The van der Waals surface area contributed by atoms with Gasteiger partial charge in [-0.25, -0.2) is 4.79 Å². The number of carbonyl (C=O) groups is 2. The highest BCUT2D eigenvalue weighted by molar-refractivity contribution is 6.10. The molecule has 2 aromatic heterocycles. The summed E-state index contributed by atoms with van der Waals surface area (Å²) in [5, 5.41) is 1.64. The van der Waals surface area contributed by atoms with Gasteiger partial charge >= 0.3 is 5.97 Å². The van der Waals surface area contributed by atoms with Crippen molar-refractivity contribution >= 4 is 33.6 Å². The Kier molecular flexibility index (Phi) is 4.05. The lowest BCUT2D eigenvalue weighted by Gasteiger charge is -2.04. The molecule has 0 unspecified atom stereocenters. The van der Waals surface area contributed by atoms with E-state index >= 15 is 0 Å². The second-order valence-corrected chi connectivity index (χ2v) is 6.14. The number of aryl methyl sites for hydroxylation is 1. The Morgan fingerprint density at radius 2 is 1.69 bits per heavy atom. The van der Waals surface area contributed by atoms with Crippen LogP contribution in [0, 0.1) is 0 Å². The van der Waals surface area contributed by atoms with Crippen LogP contribution in [0.1, 0.15) is 33.2 Å². The van der Waals surface area contributed by atoms with Crippen LogP contribution in [0.5, 0.6) is 0 Å². The topological polar surface area (TPSA) is 75.0 Å². The van der Waals surface area contributed by atoms with Gasteiger partial charge in [-0.2, -0.15) is 0 Å². The SMILES string of the molecule is CCc1cccc2c(C(=O)COC(=O)c3c[nH]c4ccccc34)c[nH]c12. The molecule has 2 heterocycles. The average Bonchev–Trinajstić information content (AvgIpc) is 3.30. The van der Waals surface area contributed by atoms with E-state index in [0.717, 1.165) is 33.8 Å². The number of benzene rings is 2. The van der Waals surface area contributed by atoms with E-state index < -0.39 is 5.97 Å². The molecule has 0 atom stereocenters. The zero-order valence-corrected chi connectivity index (χ0v) is 14.3. The molecule has 0 aliphatic heterocycles. The van der Waals surface area contributed by atoms with Gasteiger partial charge in [0.25, 0.3) is 0 Å². The highest BCUT2D eigenvalue weighted by Gasteiger charge is 2.18. The van der Waals surface area contributed by atoms with Crippen molar-refractivity contribution in [2.24, 2.45) is 0 Å². The van der Waals surface area contributed by atoms with Crippen molar-refractivity contribution in [3.8, 4) is 0 Å². The first-order valence-electron chi connectivity index (χ1n) is 8.54. The molecule has 0 amide bonds. The van der Waals surface area contributed by atoms with Crippen LogP contribution in [0.3, 0.4) is 0 Å². The number of ether oxygens (including phenoxy) is 1. The molecule has 26 heavy (non-hydrogen) atoms. The Labute approximate surface area is 150 Å². The molecule has 4 aromatic rings. The Morgan fingerprint density at radius 1 is 0.923 bits per heavy atom. The second kappa shape index (κ2) is 6.52. The quantitative estimate of drug-likeness (QED) is 0.419. The molecule has 0 bridgehead atoms. The zero-order valence-electron chi connectivity index (χ0n) is 14.3. The van der Waals surface area contributed by atoms with E-state index in [0.29, 0.717) is 11.1 Å². The number of ketones is 1. The number of para-hydroxylation sites is 2. The van der Waals surface area contributed by atoms with E-state index in [1.54, 1.807) is 12.4 Å². The molecule has 0 spiro atoms. The van der Waals surface area contributed by atoms with E-state index in [1.165, 1.54) is 0 Å². The van der Waals surface area contributed by atoms with Gasteiger partial charge in [0.15, 0.2) is 6.61 Å². The lowest BCUT2D eigenvalue weighted by molar-refractivity contribution is 0.0477. The zero-order chi connectivity index (χ0) is 18.1. The standard InChI is InChI=1S/C21H18N2O3/c1-2-13-6-5-8-15-16(10-23-20(13)15)19(24)12-26-21(25)17-11-22-18-9-4-3-7-14(17)18/h3-11,22-23H,2,12H2,1H3. The van der Waals surface area contributed by atoms with Crippen molar-refractivity contribution in [2.75, 3.05) is 6.61 Å². The lowest BCUT2D eigenvalue weighted by Crippen LogP contribution is -2.13. The van der Waals surface area contributed by atoms with E-state index in [4.69, 9.17) is 4.74 Å². The van der Waals surface area contributed by atoms with E-state index in [-0.39, 0.29) is 12.4 Å². The van der Waals surface area contributed by atoms with Crippen LogP contribution in [0.15, 0.2) is 54.9 Å². The monoisotopic (exact) mass is 346 g/mol. The Balaban J connectivity index is 1.53. The molecule has 2 N–H and O–H groups in total. The summed E-state index contributed by atoms with van der Waals surface area (Å²) >= 11 is 0. The van der Waals surface area contributed by atoms with Crippen molar-refractivity contribution in [1.82, 2.24) is 9.97 Å². The minimum absolute atomic E-state index is 0.224. The number of nitrogens with one attached hydrogen (secondary N) is 2. The summed E-state index contributed by atoms with van der Waals surface area (Å²) in [5.74, 6) is -0.734. The van der Waals surface area contributed by atoms with Crippen LogP contribution >= 0.6 is 0 Å². The average molecular weight is 346 g/mol. The maximum absolute atomic E-state index is 12.6. The molecule has 0 saturated carbocycles. The van der Waals surface area contributed by atoms with Crippen molar-refractivity contribution in [1.29, 1.82) is 0 Å². The number of esters is 1. The van der Waals surface area contributed by atoms with E-state index in [2.05, 4.69) is 16.9 Å². The highest BCUT2D eigenvalue weighted by Crippen LogP contribution is 2.23. The molecule has 4 rings (SSSR count). The fraction of sp³-hybridized carbons (Fsp3) is 0.143. The highest BCUT2D eigenvalue weighted by atomic mass is 16.5. The van der Waals surface area contributed by atoms with Crippen LogP contribution in [0.4, 0.5) is 0 Å². The van der Waals surface area contributed by atoms with Gasteiger partial charge in [-0.3, -0.25) is 4.79 Å². The minimum atomic E-state index is -0.509. The van der Waals surface area contributed by atoms with E-state index in [9.17, 15) is 9.59 Å². The summed E-state index contributed by atoms with van der Waals surface area (Å²) in [6, 6.07) is 13.3. The van der Waals surface area contributed by atoms with Gasteiger partial charge in [-0.1, -0.05) is 43.3 Å². The predicted octanol–water partition coefficient (Wildman–Crippen LogP) is 4.25. The number of aromatic amines is 2. The number of hydrogen-bond acceptors (Lipinski definition) is 3. The first-order valence-corrected chi connectivity index (χ1v) is 8.54. The molecular weight excluding hydrogens is 328 g/mol. The summed E-state index contributed by atoms with van der Waals surface area (Å²) in [4.78, 5) is 31.1. The maximum Gasteiger partial charge on any atom is 0.340 e. The van der Waals surface area contributed by atoms with Gasteiger partial charge in [0.1, 0.15) is 0 Å². The number of aromatic nitrogens is 2. The first-order chi connectivity index (χ1) is 12.7. The summed E-state index contributed by atoms with van der Waals surface area (Å²) in [7, 11) is 0. The smallest absolute Gasteiger partial charge is 0.340 e. The van der Waals surface area contributed by atoms with Gasteiger partial charge < -0.3 is 14.7 Å². The number of rotatable bonds is 5. The third kappa shape index (κ3) is 2.67. The van der Waals surface area contributed by atoms with Gasteiger partial charge in [0.2, 0.25) is 5.78 Å². The summed E-state index contributed by atoms with van der Waals surface area (Å²) < 4.78 is 5.26. The fourth-order valence-corrected chi connectivity index (χ4v) is 3.27. The molecule has 0 aliphatic carbocycles. The van der Waals surface area contributed by atoms with Gasteiger partial charge in [-0.05, 0) is 18.1 Å². The second-order valence-electron chi connectivity index (χ2n) is 6.14. The molecule has 0 aliphatic rings. The number of fused-ring (bicyclic) bond motifs is 2. The molecule has 0 fully saturated rings. The van der Waals surface area contributed by atoms with Crippen molar-refractivity contribution < 1.29 is 14.3 Å². The molecule has 0 saturated heterocycles. The number of carbonyl (C=O) groups excluding carboxylic acids is 2. The summed E-state index contributed by atoms with van der Waals surface area (Å²) in [6.07, 6.45) is 4.17. The van der Waals surface area contributed by atoms with Crippen molar-refractivity contribution in [3.63, 3.8) is 0 Å². The van der Waals surface area contributed by atoms with Crippen molar-refractivity contribution in [3.05, 3.63) is 71.5 Å². The Bertz CT molecular complexity index is 1120. The van der Waals surface area contributed by atoms with Crippen molar-refractivity contribution in [2.45, 2.75) is 13.3 Å². The van der Waals surface area contributed by atoms with Crippen LogP contribution in [0.25, 0.3) is 21.8 Å². The van der Waals surface area contributed by atoms with E-state index in [1.807, 2.05) is 42.5 Å². The van der Waals surface area contributed by atoms with Gasteiger partial charge in [0, 0.05) is 39.8 Å². The van der Waals surface area contributed by atoms with Crippen LogP contribution in [-0.2, 0) is 11.2 Å². The van der Waals surface area contributed by atoms with Crippen LogP contribution < -0.4 is 0 Å². The molecule has 5 nitrogen and oxygen atoms in total. The number of hydrogen-bond donors (Lipinski definition) is 2. The maximum atomic E-state index is 12.6. The van der Waals surface area contributed by atoms with Crippen LogP contribution in [-0.4, -0.2) is 28.3 Å². The Morgan fingerprint density at radius 3 is 2.54 bits per heavy atom.